The largest absolute Gasteiger partial charge is 0.491 e. The van der Waals surface area contributed by atoms with Crippen molar-refractivity contribution in [3.05, 3.63) is 29.8 Å². The van der Waals surface area contributed by atoms with Crippen molar-refractivity contribution in [2.75, 3.05) is 33.4 Å². The van der Waals surface area contributed by atoms with Gasteiger partial charge < -0.3 is 20.1 Å². The number of hydrogen-bond donors (Lipinski definition) is 2. The molecule has 1 fully saturated rings. The monoisotopic (exact) mass is 347 g/mol. The van der Waals surface area contributed by atoms with Gasteiger partial charge in [-0.2, -0.15) is 0 Å². The van der Waals surface area contributed by atoms with Crippen LogP contribution in [0, 0.1) is 5.41 Å². The highest BCUT2D eigenvalue weighted by Gasteiger charge is 2.34. The summed E-state index contributed by atoms with van der Waals surface area (Å²) in [5.74, 6) is 1.77. The average molecular weight is 348 g/mol. The number of nitrogens with zero attached hydrogens (tertiary/aromatic N) is 1. The summed E-state index contributed by atoms with van der Waals surface area (Å²) < 4.78 is 10.6. The SMILES string of the molecule is CCNC(=NCc1ccc(OCCOC)cc1)NCC1(CC)CCC1. The lowest BCUT2D eigenvalue weighted by molar-refractivity contribution is 0.131. The molecule has 5 heteroatoms. The second-order valence-electron chi connectivity index (χ2n) is 6.74. The first-order valence-electron chi connectivity index (χ1n) is 9.44. The summed E-state index contributed by atoms with van der Waals surface area (Å²) in [6.07, 6.45) is 5.27. The van der Waals surface area contributed by atoms with E-state index >= 15 is 0 Å². The molecule has 2 rings (SSSR count). The van der Waals surface area contributed by atoms with Gasteiger partial charge in [-0.05, 0) is 49.3 Å². The van der Waals surface area contributed by atoms with Gasteiger partial charge in [-0.25, -0.2) is 4.99 Å². The maximum atomic E-state index is 5.59. The second kappa shape index (κ2) is 10.3. The van der Waals surface area contributed by atoms with E-state index in [1.807, 2.05) is 12.1 Å². The van der Waals surface area contributed by atoms with Crippen LogP contribution in [-0.4, -0.2) is 39.4 Å². The van der Waals surface area contributed by atoms with Gasteiger partial charge in [0.25, 0.3) is 0 Å². The van der Waals surface area contributed by atoms with E-state index in [0.29, 0.717) is 25.2 Å². The normalized spacial score (nSPS) is 16.2. The van der Waals surface area contributed by atoms with Crippen molar-refractivity contribution in [3.8, 4) is 5.75 Å². The lowest BCUT2D eigenvalue weighted by Gasteiger charge is -2.41. The van der Waals surface area contributed by atoms with E-state index in [9.17, 15) is 0 Å². The maximum Gasteiger partial charge on any atom is 0.191 e. The molecule has 0 heterocycles. The molecule has 0 atom stereocenters. The van der Waals surface area contributed by atoms with Crippen molar-refractivity contribution in [2.45, 2.75) is 46.1 Å². The molecule has 1 aromatic carbocycles. The van der Waals surface area contributed by atoms with Gasteiger partial charge in [0.05, 0.1) is 13.2 Å². The van der Waals surface area contributed by atoms with Crippen LogP contribution < -0.4 is 15.4 Å². The van der Waals surface area contributed by atoms with E-state index < -0.39 is 0 Å². The van der Waals surface area contributed by atoms with E-state index in [2.05, 4.69) is 36.6 Å². The second-order valence-corrected chi connectivity index (χ2v) is 6.74. The molecule has 0 unspecified atom stereocenters. The maximum absolute atomic E-state index is 5.59. The van der Waals surface area contributed by atoms with Crippen molar-refractivity contribution in [1.29, 1.82) is 0 Å². The molecular weight excluding hydrogens is 314 g/mol. The van der Waals surface area contributed by atoms with Crippen LogP contribution in [0.5, 0.6) is 5.75 Å². The molecule has 0 amide bonds. The standard InChI is InChI=1S/C20H33N3O2/c1-4-20(11-6-12-20)16-23-19(21-5-2)22-15-17-7-9-18(10-8-17)25-14-13-24-3/h7-10H,4-6,11-16H2,1-3H3,(H2,21,22,23). The van der Waals surface area contributed by atoms with Crippen molar-refractivity contribution in [3.63, 3.8) is 0 Å². The van der Waals surface area contributed by atoms with Crippen LogP contribution in [0.25, 0.3) is 0 Å². The van der Waals surface area contributed by atoms with Crippen molar-refractivity contribution < 1.29 is 9.47 Å². The summed E-state index contributed by atoms with van der Waals surface area (Å²) in [4.78, 5) is 4.72. The summed E-state index contributed by atoms with van der Waals surface area (Å²) in [6.45, 7) is 8.11. The van der Waals surface area contributed by atoms with Crippen molar-refractivity contribution >= 4 is 5.96 Å². The lowest BCUT2D eigenvalue weighted by Crippen LogP contribution is -2.46. The van der Waals surface area contributed by atoms with Crippen molar-refractivity contribution in [1.82, 2.24) is 10.6 Å². The van der Waals surface area contributed by atoms with Gasteiger partial charge in [0, 0.05) is 20.2 Å². The first kappa shape index (κ1) is 19.6. The molecule has 0 radical (unpaired) electrons. The predicted molar refractivity (Wildman–Crippen MR) is 103 cm³/mol. The minimum atomic E-state index is 0.484. The molecule has 1 saturated carbocycles. The Morgan fingerprint density at radius 2 is 1.88 bits per heavy atom. The van der Waals surface area contributed by atoms with E-state index in [4.69, 9.17) is 14.5 Å². The minimum Gasteiger partial charge on any atom is -0.491 e. The Hall–Kier alpha value is -1.75. The highest BCUT2D eigenvalue weighted by atomic mass is 16.5. The van der Waals surface area contributed by atoms with Gasteiger partial charge in [0.1, 0.15) is 12.4 Å². The molecular formula is C20H33N3O2. The zero-order valence-corrected chi connectivity index (χ0v) is 15.9. The fourth-order valence-corrected chi connectivity index (χ4v) is 3.05. The van der Waals surface area contributed by atoms with Gasteiger partial charge in [-0.1, -0.05) is 25.5 Å². The molecule has 5 nitrogen and oxygen atoms in total. The number of rotatable bonds is 10. The number of methoxy groups -OCH3 is 1. The van der Waals surface area contributed by atoms with Crippen LogP contribution in [-0.2, 0) is 11.3 Å². The number of benzene rings is 1. The van der Waals surface area contributed by atoms with E-state index in [1.54, 1.807) is 7.11 Å². The third-order valence-electron chi connectivity index (χ3n) is 5.04. The fraction of sp³-hybridized carbons (Fsp3) is 0.650. The number of guanidine groups is 1. The van der Waals surface area contributed by atoms with Gasteiger partial charge in [0.15, 0.2) is 5.96 Å². The molecule has 0 bridgehead atoms. The summed E-state index contributed by atoms with van der Waals surface area (Å²) in [6, 6.07) is 8.10. The molecule has 1 aliphatic rings. The Kier molecular flexibility index (Phi) is 8.06. The van der Waals surface area contributed by atoms with Crippen LogP contribution in [0.15, 0.2) is 29.3 Å². The predicted octanol–water partition coefficient (Wildman–Crippen LogP) is 3.35. The highest BCUT2D eigenvalue weighted by Crippen LogP contribution is 2.42. The number of ether oxygens (including phenoxy) is 2. The van der Waals surface area contributed by atoms with E-state index in [1.165, 1.54) is 31.2 Å². The van der Waals surface area contributed by atoms with E-state index in [0.717, 1.165) is 24.8 Å². The Morgan fingerprint density at radius 3 is 2.44 bits per heavy atom. The summed E-state index contributed by atoms with van der Waals surface area (Å²) >= 11 is 0. The smallest absolute Gasteiger partial charge is 0.191 e. The molecule has 140 valence electrons. The molecule has 1 aliphatic carbocycles. The average Bonchev–Trinajstić information content (AvgIpc) is 2.60. The van der Waals surface area contributed by atoms with Crippen molar-refractivity contribution in [2.24, 2.45) is 10.4 Å². The number of nitrogens with one attached hydrogen (secondary N) is 2. The Labute approximate surface area is 152 Å². The quantitative estimate of drug-likeness (QED) is 0.387. The summed E-state index contributed by atoms with van der Waals surface area (Å²) in [5.41, 5.74) is 1.65. The first-order chi connectivity index (χ1) is 12.2. The Morgan fingerprint density at radius 1 is 1.12 bits per heavy atom. The van der Waals surface area contributed by atoms with Gasteiger partial charge >= 0.3 is 0 Å². The summed E-state index contributed by atoms with van der Waals surface area (Å²) in [7, 11) is 1.67. The van der Waals surface area contributed by atoms with Crippen LogP contribution in [0.1, 0.15) is 45.1 Å². The topological polar surface area (TPSA) is 54.9 Å². The molecule has 0 aromatic heterocycles. The first-order valence-corrected chi connectivity index (χ1v) is 9.44. The fourth-order valence-electron chi connectivity index (χ4n) is 3.05. The van der Waals surface area contributed by atoms with Crippen LogP contribution in [0.3, 0.4) is 0 Å². The number of aliphatic imine (C=N–C) groups is 1. The lowest BCUT2D eigenvalue weighted by atomic mass is 9.67. The Balaban J connectivity index is 1.85. The molecule has 0 saturated heterocycles. The molecule has 1 aromatic rings. The molecule has 0 spiro atoms. The van der Waals surface area contributed by atoms with Crippen LogP contribution >= 0.6 is 0 Å². The molecule has 25 heavy (non-hydrogen) atoms. The molecule has 0 aliphatic heterocycles. The van der Waals surface area contributed by atoms with Gasteiger partial charge in [-0.3, -0.25) is 0 Å². The third kappa shape index (κ3) is 6.24. The zero-order chi connectivity index (χ0) is 18.0. The number of hydrogen-bond acceptors (Lipinski definition) is 3. The van der Waals surface area contributed by atoms with Crippen LogP contribution in [0.4, 0.5) is 0 Å². The summed E-state index contributed by atoms with van der Waals surface area (Å²) in [5, 5.41) is 6.87. The van der Waals surface area contributed by atoms with Gasteiger partial charge in [0.2, 0.25) is 0 Å². The minimum absolute atomic E-state index is 0.484. The van der Waals surface area contributed by atoms with Gasteiger partial charge in [-0.15, -0.1) is 0 Å². The highest BCUT2D eigenvalue weighted by molar-refractivity contribution is 5.79. The zero-order valence-electron chi connectivity index (χ0n) is 15.9. The third-order valence-corrected chi connectivity index (χ3v) is 5.04. The Bertz CT molecular complexity index is 519. The van der Waals surface area contributed by atoms with E-state index in [-0.39, 0.29) is 0 Å². The molecule has 2 N–H and O–H groups in total. The van der Waals surface area contributed by atoms with Crippen LogP contribution in [0.2, 0.25) is 0 Å².